The molecule has 0 radical (unpaired) electrons. The number of halogens is 1. The van der Waals surface area contributed by atoms with Crippen LogP contribution in [0.1, 0.15) is 5.56 Å². The summed E-state index contributed by atoms with van der Waals surface area (Å²) in [6, 6.07) is 15.9. The van der Waals surface area contributed by atoms with Crippen LogP contribution in [-0.2, 0) is 4.79 Å². The van der Waals surface area contributed by atoms with Crippen LogP contribution in [0, 0.1) is 0 Å². The Balaban J connectivity index is 1.61. The smallest absolute Gasteiger partial charge is 0.264 e. The molecule has 28 heavy (non-hydrogen) atoms. The van der Waals surface area contributed by atoms with E-state index in [0.717, 1.165) is 48.1 Å². The summed E-state index contributed by atoms with van der Waals surface area (Å²) < 4.78 is 0. The van der Waals surface area contributed by atoms with E-state index in [9.17, 15) is 4.79 Å². The summed E-state index contributed by atoms with van der Waals surface area (Å²) in [5.41, 5.74) is 3.17. The first-order chi connectivity index (χ1) is 13.6. The molecular formula is C22H24ClN3OS. The number of piperazine rings is 1. The van der Waals surface area contributed by atoms with Crippen LogP contribution in [0.5, 0.6) is 0 Å². The van der Waals surface area contributed by atoms with Crippen molar-refractivity contribution in [2.24, 2.45) is 0 Å². The molecule has 4 rings (SSSR count). The highest BCUT2D eigenvalue weighted by molar-refractivity contribution is 8.04. The third-order valence-electron chi connectivity index (χ3n) is 5.22. The van der Waals surface area contributed by atoms with Gasteiger partial charge in [0.25, 0.3) is 5.91 Å². The Labute approximate surface area is 175 Å². The van der Waals surface area contributed by atoms with Crippen LogP contribution < -0.4 is 9.80 Å². The molecule has 146 valence electrons. The second kappa shape index (κ2) is 8.60. The zero-order chi connectivity index (χ0) is 19.5. The Kier molecular flexibility index (Phi) is 5.95. The minimum Gasteiger partial charge on any atom is -0.368 e. The van der Waals surface area contributed by atoms with E-state index in [1.165, 1.54) is 5.69 Å². The van der Waals surface area contributed by atoms with Crippen LogP contribution in [-0.4, -0.2) is 56.3 Å². The number of para-hydroxylation sites is 1. The number of nitrogens with zero attached hydrogens (tertiary/aromatic N) is 3. The summed E-state index contributed by atoms with van der Waals surface area (Å²) in [7, 11) is 2.16. The molecule has 0 spiro atoms. The first-order valence-electron chi connectivity index (χ1n) is 9.56. The van der Waals surface area contributed by atoms with E-state index in [1.807, 2.05) is 35.2 Å². The van der Waals surface area contributed by atoms with Crippen molar-refractivity contribution in [2.75, 3.05) is 55.3 Å². The Morgan fingerprint density at radius 3 is 2.57 bits per heavy atom. The Bertz CT molecular complexity index is 893. The van der Waals surface area contributed by atoms with E-state index in [-0.39, 0.29) is 5.91 Å². The Morgan fingerprint density at radius 2 is 1.79 bits per heavy atom. The van der Waals surface area contributed by atoms with Crippen LogP contribution in [0.3, 0.4) is 0 Å². The number of amides is 1. The van der Waals surface area contributed by atoms with Crippen molar-refractivity contribution in [1.29, 1.82) is 0 Å². The van der Waals surface area contributed by atoms with Crippen molar-refractivity contribution in [3.8, 4) is 0 Å². The third kappa shape index (κ3) is 4.22. The lowest BCUT2D eigenvalue weighted by atomic mass is 10.1. The molecule has 0 unspecified atom stereocenters. The minimum absolute atomic E-state index is 0.0479. The van der Waals surface area contributed by atoms with Gasteiger partial charge in [-0.25, -0.2) is 0 Å². The Morgan fingerprint density at radius 1 is 1.00 bits per heavy atom. The lowest BCUT2D eigenvalue weighted by molar-refractivity contribution is -0.114. The molecule has 0 aromatic heterocycles. The van der Waals surface area contributed by atoms with Crippen LogP contribution in [0.25, 0.3) is 6.08 Å². The maximum Gasteiger partial charge on any atom is 0.264 e. The van der Waals surface area contributed by atoms with Gasteiger partial charge in [0.2, 0.25) is 0 Å². The predicted molar refractivity (Wildman–Crippen MR) is 120 cm³/mol. The molecule has 0 atom stereocenters. The summed E-state index contributed by atoms with van der Waals surface area (Å²) >= 11 is 7.76. The fourth-order valence-electron chi connectivity index (χ4n) is 3.62. The molecule has 0 aliphatic carbocycles. The second-order valence-corrected chi connectivity index (χ2v) is 8.72. The average Bonchev–Trinajstić information content (AvgIpc) is 2.71. The van der Waals surface area contributed by atoms with Gasteiger partial charge in [-0.05, 0) is 43.0 Å². The van der Waals surface area contributed by atoms with E-state index in [4.69, 9.17) is 11.6 Å². The lowest BCUT2D eigenvalue weighted by Crippen LogP contribution is -2.44. The number of hydrogen-bond acceptors (Lipinski definition) is 4. The van der Waals surface area contributed by atoms with Crippen LogP contribution in [0.15, 0.2) is 53.4 Å². The van der Waals surface area contributed by atoms with Gasteiger partial charge < -0.3 is 14.7 Å². The molecule has 2 aromatic carbocycles. The highest BCUT2D eigenvalue weighted by Gasteiger charge is 2.26. The molecule has 6 heteroatoms. The van der Waals surface area contributed by atoms with Gasteiger partial charge in [0, 0.05) is 54.9 Å². The van der Waals surface area contributed by atoms with Gasteiger partial charge in [-0.3, -0.25) is 4.79 Å². The summed E-state index contributed by atoms with van der Waals surface area (Å²) in [5, 5.41) is 0.648. The van der Waals surface area contributed by atoms with Crippen LogP contribution >= 0.6 is 23.4 Å². The molecule has 2 saturated heterocycles. The molecule has 0 bridgehead atoms. The molecule has 2 heterocycles. The molecule has 2 aromatic rings. The zero-order valence-electron chi connectivity index (χ0n) is 16.0. The molecule has 1 amide bonds. The molecule has 2 fully saturated rings. The van der Waals surface area contributed by atoms with E-state index >= 15 is 0 Å². The molecule has 4 nitrogen and oxygen atoms in total. The van der Waals surface area contributed by atoms with Crippen LogP contribution in [0.4, 0.5) is 11.4 Å². The number of benzene rings is 2. The van der Waals surface area contributed by atoms with E-state index in [0.29, 0.717) is 11.6 Å². The van der Waals surface area contributed by atoms with Crippen molar-refractivity contribution in [3.05, 3.63) is 64.0 Å². The zero-order valence-corrected chi connectivity index (χ0v) is 17.5. The molecule has 2 aliphatic heterocycles. The fraction of sp³-hybridized carbons (Fsp3) is 0.318. The average molecular weight is 414 g/mol. The SMILES string of the molecule is CN1CCN(c2ccccc2C=C2SCCN(c3cccc(Cl)c3)C2=O)CC1. The first kappa shape index (κ1) is 19.4. The third-order valence-corrected chi connectivity index (χ3v) is 6.44. The molecule has 0 N–H and O–H groups in total. The van der Waals surface area contributed by atoms with Gasteiger partial charge >= 0.3 is 0 Å². The molecular weight excluding hydrogens is 390 g/mol. The summed E-state index contributed by atoms with van der Waals surface area (Å²) in [4.78, 5) is 20.5. The van der Waals surface area contributed by atoms with E-state index < -0.39 is 0 Å². The monoisotopic (exact) mass is 413 g/mol. The first-order valence-corrected chi connectivity index (χ1v) is 10.9. The van der Waals surface area contributed by atoms with Gasteiger partial charge in [-0.15, -0.1) is 11.8 Å². The summed E-state index contributed by atoms with van der Waals surface area (Å²) in [6.07, 6.45) is 2.05. The quantitative estimate of drug-likeness (QED) is 0.704. The summed E-state index contributed by atoms with van der Waals surface area (Å²) in [5.74, 6) is 0.924. The number of thioether (sulfide) groups is 1. The normalized spacial score (nSPS) is 20.1. The van der Waals surface area contributed by atoms with Gasteiger partial charge in [-0.2, -0.15) is 0 Å². The highest BCUT2D eigenvalue weighted by atomic mass is 35.5. The number of carbonyl (C=O) groups is 1. The predicted octanol–water partition coefficient (Wildman–Crippen LogP) is 4.21. The van der Waals surface area contributed by atoms with E-state index in [2.05, 4.69) is 41.1 Å². The maximum absolute atomic E-state index is 13.1. The topological polar surface area (TPSA) is 26.8 Å². The largest absolute Gasteiger partial charge is 0.368 e. The number of likely N-dealkylation sites (N-methyl/N-ethyl adjacent to an activating group) is 1. The molecule has 2 aliphatic rings. The number of carbonyl (C=O) groups excluding carboxylic acids is 1. The fourth-order valence-corrected chi connectivity index (χ4v) is 4.75. The van der Waals surface area contributed by atoms with Crippen molar-refractivity contribution >= 4 is 46.7 Å². The van der Waals surface area contributed by atoms with Crippen molar-refractivity contribution in [3.63, 3.8) is 0 Å². The maximum atomic E-state index is 13.1. The standard InChI is InChI=1S/C22H24ClN3OS/c1-24-9-11-25(12-10-24)20-8-3-2-5-17(20)15-21-22(27)26(13-14-28-21)19-7-4-6-18(23)16-19/h2-8,15-16H,9-14H2,1H3. The lowest BCUT2D eigenvalue weighted by Gasteiger charge is -2.35. The van der Waals surface area contributed by atoms with Gasteiger partial charge in [-0.1, -0.05) is 35.9 Å². The van der Waals surface area contributed by atoms with Crippen molar-refractivity contribution in [2.45, 2.75) is 0 Å². The van der Waals surface area contributed by atoms with Gasteiger partial charge in [0.05, 0.1) is 4.91 Å². The van der Waals surface area contributed by atoms with Crippen molar-refractivity contribution in [1.82, 2.24) is 4.90 Å². The number of anilines is 2. The highest BCUT2D eigenvalue weighted by Crippen LogP contribution is 2.33. The van der Waals surface area contributed by atoms with E-state index in [1.54, 1.807) is 11.8 Å². The number of hydrogen-bond donors (Lipinski definition) is 0. The minimum atomic E-state index is 0.0479. The van der Waals surface area contributed by atoms with Gasteiger partial charge in [0.15, 0.2) is 0 Å². The van der Waals surface area contributed by atoms with Crippen LogP contribution in [0.2, 0.25) is 5.02 Å². The molecule has 0 saturated carbocycles. The second-order valence-electron chi connectivity index (χ2n) is 7.14. The van der Waals surface area contributed by atoms with Gasteiger partial charge in [0.1, 0.15) is 0 Å². The number of rotatable bonds is 3. The van der Waals surface area contributed by atoms with Crippen molar-refractivity contribution < 1.29 is 4.79 Å². The Hall–Kier alpha value is -1.95. The summed E-state index contributed by atoms with van der Waals surface area (Å²) in [6.45, 7) is 4.82.